The first kappa shape index (κ1) is 21.6. The largest absolute Gasteiger partial charge is 0.418 e. The van der Waals surface area contributed by atoms with Gasteiger partial charge in [0.1, 0.15) is 21.5 Å². The Kier molecular flexibility index (Phi) is 5.67. The Hall–Kier alpha value is -2.73. The molecule has 0 aliphatic carbocycles. The lowest BCUT2D eigenvalue weighted by Gasteiger charge is -2.18. The molecule has 0 aromatic heterocycles. The van der Waals surface area contributed by atoms with Crippen LogP contribution in [0.4, 0.5) is 44.7 Å². The van der Waals surface area contributed by atoms with Gasteiger partial charge in [-0.2, -0.15) is 13.2 Å². The molecule has 2 aromatic rings. The normalized spacial score (nSPS) is 11.4. The Bertz CT molecular complexity index is 985. The van der Waals surface area contributed by atoms with Crippen LogP contribution in [0.3, 0.4) is 0 Å². The maximum absolute atomic E-state index is 14.0. The second-order valence-corrected chi connectivity index (χ2v) is 6.04. The van der Waals surface area contributed by atoms with Crippen LogP contribution in [0.25, 0.3) is 0 Å². The highest BCUT2D eigenvalue weighted by Crippen LogP contribution is 2.46. The minimum absolute atomic E-state index is 0.0429. The lowest BCUT2D eigenvalue weighted by Crippen LogP contribution is -2.13. The van der Waals surface area contributed by atoms with Crippen molar-refractivity contribution in [2.24, 2.45) is 0 Å². The van der Waals surface area contributed by atoms with E-state index < -0.39 is 71.6 Å². The van der Waals surface area contributed by atoms with Crippen molar-refractivity contribution in [2.45, 2.75) is 13.1 Å². The number of hydrogen-bond donors (Lipinski definition) is 1. The summed E-state index contributed by atoms with van der Waals surface area (Å²) in [4.78, 5) is 19.4. The van der Waals surface area contributed by atoms with E-state index in [9.17, 15) is 42.2 Å². The molecule has 1 N–H and O–H groups in total. The van der Waals surface area contributed by atoms with Gasteiger partial charge in [-0.3, -0.25) is 20.2 Å². The summed E-state index contributed by atoms with van der Waals surface area (Å²) in [5.74, 6) is -2.86. The van der Waals surface area contributed by atoms with Crippen molar-refractivity contribution in [2.75, 3.05) is 5.32 Å². The van der Waals surface area contributed by atoms with Crippen LogP contribution in [0, 0.1) is 38.8 Å². The molecule has 0 radical (unpaired) electrons. The molecule has 28 heavy (non-hydrogen) atoms. The standard InChI is InChI=1S/C14H6Cl2F5N3O4/c1-4-10(17)8(15)11(18)9(16)12(4)22-13-6(14(19,20)21)2-5(23(25)26)3-7(13)24(27)28/h2-3,22H,1H3. The van der Waals surface area contributed by atoms with Crippen molar-refractivity contribution in [3.05, 3.63) is 65.2 Å². The van der Waals surface area contributed by atoms with E-state index in [0.717, 1.165) is 6.92 Å². The number of rotatable bonds is 4. The third-order valence-electron chi connectivity index (χ3n) is 3.57. The number of nitrogens with one attached hydrogen (secondary N) is 1. The molecule has 0 aliphatic rings. The molecule has 0 saturated carbocycles. The molecular formula is C14H6Cl2F5N3O4. The molecule has 0 saturated heterocycles. The maximum Gasteiger partial charge on any atom is 0.418 e. The molecule has 7 nitrogen and oxygen atoms in total. The molecule has 150 valence electrons. The molecule has 2 aromatic carbocycles. The highest BCUT2D eigenvalue weighted by molar-refractivity contribution is 6.37. The molecule has 0 fully saturated rings. The highest BCUT2D eigenvalue weighted by Gasteiger charge is 2.40. The van der Waals surface area contributed by atoms with Gasteiger partial charge in [-0.05, 0) is 6.92 Å². The predicted octanol–water partition coefficient (Wildman–Crippen LogP) is 6.16. The molecule has 14 heteroatoms. The van der Waals surface area contributed by atoms with E-state index >= 15 is 0 Å². The van der Waals surface area contributed by atoms with Crippen molar-refractivity contribution in [3.8, 4) is 0 Å². The number of alkyl halides is 3. The third-order valence-corrected chi connectivity index (χ3v) is 4.25. The number of halogens is 7. The summed E-state index contributed by atoms with van der Waals surface area (Å²) < 4.78 is 68.0. The number of hydrogen-bond acceptors (Lipinski definition) is 5. The number of nitro groups is 2. The molecular weight excluding hydrogens is 440 g/mol. The van der Waals surface area contributed by atoms with Gasteiger partial charge in [0.2, 0.25) is 0 Å². The summed E-state index contributed by atoms with van der Waals surface area (Å²) in [7, 11) is 0. The molecule has 0 amide bonds. The van der Waals surface area contributed by atoms with Gasteiger partial charge in [-0.25, -0.2) is 8.78 Å². The Labute approximate surface area is 162 Å². The Morgan fingerprint density at radius 2 is 1.54 bits per heavy atom. The van der Waals surface area contributed by atoms with Crippen LogP contribution in [0.5, 0.6) is 0 Å². The van der Waals surface area contributed by atoms with Crippen LogP contribution in [-0.4, -0.2) is 9.85 Å². The molecule has 0 heterocycles. The average Bonchev–Trinajstić information content (AvgIpc) is 2.60. The summed E-state index contributed by atoms with van der Waals surface area (Å²) >= 11 is 11.0. The van der Waals surface area contributed by atoms with Crippen molar-refractivity contribution >= 4 is 46.0 Å². The molecule has 0 bridgehead atoms. The summed E-state index contributed by atoms with van der Waals surface area (Å²) in [6, 6.07) is 0.310. The number of anilines is 2. The van der Waals surface area contributed by atoms with Crippen LogP contribution in [0.2, 0.25) is 10.0 Å². The minimum atomic E-state index is -5.29. The predicted molar refractivity (Wildman–Crippen MR) is 89.2 cm³/mol. The van der Waals surface area contributed by atoms with E-state index in [-0.39, 0.29) is 12.1 Å². The molecule has 0 atom stereocenters. The highest BCUT2D eigenvalue weighted by atomic mass is 35.5. The molecule has 0 unspecified atom stereocenters. The van der Waals surface area contributed by atoms with Crippen LogP contribution in [-0.2, 0) is 6.18 Å². The number of nitro benzene ring substituents is 2. The van der Waals surface area contributed by atoms with Gasteiger partial charge in [0.25, 0.3) is 11.4 Å². The molecule has 0 spiro atoms. The van der Waals surface area contributed by atoms with Crippen molar-refractivity contribution < 1.29 is 31.8 Å². The minimum Gasteiger partial charge on any atom is -0.348 e. The SMILES string of the molecule is Cc1c(F)c(Cl)c(F)c(Cl)c1Nc1c([N+](=O)[O-])cc([N+](=O)[O-])cc1C(F)(F)F. The Morgan fingerprint density at radius 1 is 0.964 bits per heavy atom. The second-order valence-electron chi connectivity index (χ2n) is 5.28. The quantitative estimate of drug-likeness (QED) is 0.200. The molecule has 2 rings (SSSR count). The van der Waals surface area contributed by atoms with Gasteiger partial charge >= 0.3 is 6.18 Å². The fourth-order valence-electron chi connectivity index (χ4n) is 2.23. The Morgan fingerprint density at radius 3 is 2.00 bits per heavy atom. The van der Waals surface area contributed by atoms with E-state index in [2.05, 4.69) is 0 Å². The number of benzene rings is 2. The van der Waals surface area contributed by atoms with Crippen LogP contribution >= 0.6 is 23.2 Å². The average molecular weight is 446 g/mol. The van der Waals surface area contributed by atoms with Crippen molar-refractivity contribution in [3.63, 3.8) is 0 Å². The Balaban J connectivity index is 2.87. The monoisotopic (exact) mass is 445 g/mol. The number of non-ortho nitro benzene ring substituents is 1. The van der Waals surface area contributed by atoms with Gasteiger partial charge in [0.15, 0.2) is 5.82 Å². The summed E-state index contributed by atoms with van der Waals surface area (Å²) in [5.41, 5.74) is -6.94. The summed E-state index contributed by atoms with van der Waals surface area (Å²) in [6.45, 7) is 0.985. The zero-order chi connectivity index (χ0) is 21.5. The fourth-order valence-corrected chi connectivity index (χ4v) is 2.80. The van der Waals surface area contributed by atoms with Crippen LogP contribution < -0.4 is 5.32 Å². The van der Waals surface area contributed by atoms with E-state index in [1.165, 1.54) is 0 Å². The van der Waals surface area contributed by atoms with Gasteiger partial charge in [0.05, 0.1) is 27.2 Å². The summed E-state index contributed by atoms with van der Waals surface area (Å²) in [6.07, 6.45) is -5.29. The van der Waals surface area contributed by atoms with Crippen molar-refractivity contribution in [1.82, 2.24) is 0 Å². The fraction of sp³-hybridized carbons (Fsp3) is 0.143. The summed E-state index contributed by atoms with van der Waals surface area (Å²) in [5, 5.41) is 22.0. The maximum atomic E-state index is 14.0. The lowest BCUT2D eigenvalue weighted by atomic mass is 10.1. The first-order chi connectivity index (χ1) is 12.8. The topological polar surface area (TPSA) is 98.3 Å². The zero-order valence-corrected chi connectivity index (χ0v) is 14.8. The van der Waals surface area contributed by atoms with Gasteiger partial charge < -0.3 is 5.32 Å². The first-order valence-corrected chi connectivity index (χ1v) is 7.66. The zero-order valence-electron chi connectivity index (χ0n) is 13.3. The van der Waals surface area contributed by atoms with Crippen molar-refractivity contribution in [1.29, 1.82) is 0 Å². The second kappa shape index (κ2) is 7.36. The van der Waals surface area contributed by atoms with Gasteiger partial charge in [-0.15, -0.1) is 0 Å². The van der Waals surface area contributed by atoms with Crippen LogP contribution in [0.15, 0.2) is 12.1 Å². The molecule has 0 aliphatic heterocycles. The van der Waals surface area contributed by atoms with E-state index in [1.807, 2.05) is 5.32 Å². The first-order valence-electron chi connectivity index (χ1n) is 6.91. The van der Waals surface area contributed by atoms with E-state index in [1.54, 1.807) is 0 Å². The van der Waals surface area contributed by atoms with Crippen LogP contribution in [0.1, 0.15) is 11.1 Å². The van der Waals surface area contributed by atoms with E-state index in [4.69, 9.17) is 23.2 Å². The van der Waals surface area contributed by atoms with Gasteiger partial charge in [-0.1, -0.05) is 23.2 Å². The smallest absolute Gasteiger partial charge is 0.348 e. The van der Waals surface area contributed by atoms with Gasteiger partial charge in [0, 0.05) is 11.6 Å². The number of nitrogens with zero attached hydrogens (tertiary/aromatic N) is 2. The third kappa shape index (κ3) is 3.78. The van der Waals surface area contributed by atoms with E-state index in [0.29, 0.717) is 0 Å². The lowest BCUT2D eigenvalue weighted by molar-refractivity contribution is -0.394.